The van der Waals surface area contributed by atoms with Crippen LogP contribution in [0.25, 0.3) is 6.08 Å². The monoisotopic (exact) mass is 290 g/mol. The minimum Gasteiger partial charge on any atom is -0.421 e. The molecule has 0 N–H and O–H groups in total. The molecule has 1 aromatic rings. The van der Waals surface area contributed by atoms with E-state index in [1.54, 1.807) is 6.92 Å². The zero-order chi connectivity index (χ0) is 15.8. The first-order valence-corrected chi connectivity index (χ1v) is 7.04. The van der Waals surface area contributed by atoms with Crippen LogP contribution in [0.5, 0.6) is 0 Å². The van der Waals surface area contributed by atoms with Gasteiger partial charge in [-0.1, -0.05) is 37.6 Å². The minimum absolute atomic E-state index is 0.493. The normalized spacial score (nSPS) is 11.4. The third kappa shape index (κ3) is 6.25. The second kappa shape index (κ2) is 8.25. The van der Waals surface area contributed by atoms with Crippen molar-refractivity contribution >= 4 is 18.0 Å². The van der Waals surface area contributed by atoms with Crippen LogP contribution in [0.1, 0.15) is 45.2 Å². The highest BCUT2D eigenvalue weighted by atomic mass is 16.7. The van der Waals surface area contributed by atoms with Crippen LogP contribution >= 0.6 is 0 Å². The molecule has 0 aliphatic carbocycles. The molecule has 0 saturated heterocycles. The third-order valence-electron chi connectivity index (χ3n) is 2.83. The summed E-state index contributed by atoms with van der Waals surface area (Å²) in [6, 6.07) is 8.12. The van der Waals surface area contributed by atoms with E-state index in [4.69, 9.17) is 9.47 Å². The number of hydrogen-bond acceptors (Lipinski definition) is 4. The molecule has 0 aliphatic heterocycles. The minimum atomic E-state index is -0.977. The number of carbonyl (C=O) groups excluding carboxylic acids is 2. The van der Waals surface area contributed by atoms with Crippen molar-refractivity contribution in [2.24, 2.45) is 0 Å². The fourth-order valence-electron chi connectivity index (χ4n) is 1.91. The molecule has 0 aliphatic rings. The van der Waals surface area contributed by atoms with E-state index in [1.165, 1.54) is 19.4 Å². The van der Waals surface area contributed by atoms with Gasteiger partial charge in [0.2, 0.25) is 0 Å². The van der Waals surface area contributed by atoms with Crippen LogP contribution in [0, 0.1) is 0 Å². The largest absolute Gasteiger partial charge is 0.421 e. The SMILES string of the molecule is CCCc1ccc(C=C(C)C(OC(C)=O)OC(C)=O)cc1. The van der Waals surface area contributed by atoms with Gasteiger partial charge in [-0.25, -0.2) is 0 Å². The molecule has 1 aromatic carbocycles. The Morgan fingerprint density at radius 2 is 1.57 bits per heavy atom. The predicted octanol–water partition coefficient (Wildman–Crippen LogP) is 3.49. The summed E-state index contributed by atoms with van der Waals surface area (Å²) in [6.45, 7) is 6.46. The smallest absolute Gasteiger partial charge is 0.305 e. The predicted molar refractivity (Wildman–Crippen MR) is 81.4 cm³/mol. The maximum absolute atomic E-state index is 11.1. The standard InChI is InChI=1S/C17H22O4/c1-5-6-15-7-9-16(10-8-15)11-12(2)17(20-13(3)18)21-14(4)19/h7-11,17H,5-6H2,1-4H3. The maximum Gasteiger partial charge on any atom is 0.305 e. The van der Waals surface area contributed by atoms with Gasteiger partial charge >= 0.3 is 11.9 Å². The van der Waals surface area contributed by atoms with Crippen molar-refractivity contribution < 1.29 is 19.1 Å². The molecule has 0 aromatic heterocycles. The molecule has 0 radical (unpaired) electrons. The van der Waals surface area contributed by atoms with Crippen molar-refractivity contribution in [1.82, 2.24) is 0 Å². The molecule has 0 atom stereocenters. The Morgan fingerprint density at radius 3 is 2.00 bits per heavy atom. The Labute approximate surface area is 125 Å². The topological polar surface area (TPSA) is 52.6 Å². The lowest BCUT2D eigenvalue weighted by Gasteiger charge is -2.17. The molecule has 0 amide bonds. The van der Waals surface area contributed by atoms with Crippen LogP contribution in [-0.4, -0.2) is 18.2 Å². The summed E-state index contributed by atoms with van der Waals surface area (Å²) in [4.78, 5) is 22.1. The van der Waals surface area contributed by atoms with E-state index in [9.17, 15) is 9.59 Å². The highest BCUT2D eigenvalue weighted by molar-refractivity contribution is 5.69. The fourth-order valence-corrected chi connectivity index (χ4v) is 1.91. The summed E-state index contributed by atoms with van der Waals surface area (Å²) >= 11 is 0. The Hall–Kier alpha value is -2.10. The number of hydrogen-bond donors (Lipinski definition) is 0. The molecular weight excluding hydrogens is 268 g/mol. The Morgan fingerprint density at radius 1 is 1.05 bits per heavy atom. The summed E-state index contributed by atoms with van der Waals surface area (Å²) in [5.74, 6) is -0.986. The Balaban J connectivity index is 2.87. The van der Waals surface area contributed by atoms with Crippen LogP contribution in [-0.2, 0) is 25.5 Å². The van der Waals surface area contributed by atoms with Crippen LogP contribution < -0.4 is 0 Å². The van der Waals surface area contributed by atoms with Crippen LogP contribution in [0.3, 0.4) is 0 Å². The molecule has 114 valence electrons. The van der Waals surface area contributed by atoms with Gasteiger partial charge in [0, 0.05) is 19.4 Å². The van der Waals surface area contributed by atoms with Crippen molar-refractivity contribution in [2.45, 2.75) is 46.8 Å². The zero-order valence-corrected chi connectivity index (χ0v) is 13.0. The second-order valence-corrected chi connectivity index (χ2v) is 4.93. The first kappa shape index (κ1) is 17.0. The van der Waals surface area contributed by atoms with Crippen molar-refractivity contribution in [1.29, 1.82) is 0 Å². The van der Waals surface area contributed by atoms with Gasteiger partial charge in [0.15, 0.2) is 0 Å². The first-order valence-electron chi connectivity index (χ1n) is 7.04. The summed E-state index contributed by atoms with van der Waals surface area (Å²) in [6.07, 6.45) is 3.02. The molecule has 0 heterocycles. The Bertz CT molecular complexity index is 498. The molecule has 21 heavy (non-hydrogen) atoms. The molecule has 0 saturated carbocycles. The summed E-state index contributed by atoms with van der Waals surface area (Å²) < 4.78 is 10.0. The molecule has 4 heteroatoms. The molecule has 0 fully saturated rings. The van der Waals surface area contributed by atoms with Gasteiger partial charge in [0.25, 0.3) is 6.29 Å². The van der Waals surface area contributed by atoms with Gasteiger partial charge in [-0.3, -0.25) is 9.59 Å². The highest BCUT2D eigenvalue weighted by Gasteiger charge is 2.17. The number of ether oxygens (including phenoxy) is 2. The van der Waals surface area contributed by atoms with Gasteiger partial charge in [-0.2, -0.15) is 0 Å². The van der Waals surface area contributed by atoms with Gasteiger partial charge < -0.3 is 9.47 Å². The first-order chi connectivity index (χ1) is 9.92. The third-order valence-corrected chi connectivity index (χ3v) is 2.83. The van der Waals surface area contributed by atoms with Crippen molar-refractivity contribution in [3.8, 4) is 0 Å². The molecule has 0 bridgehead atoms. The average Bonchev–Trinajstić information content (AvgIpc) is 2.39. The molecule has 0 unspecified atom stereocenters. The summed E-state index contributed by atoms with van der Waals surface area (Å²) in [5.41, 5.74) is 2.91. The molecule has 0 spiro atoms. The molecule has 4 nitrogen and oxygen atoms in total. The lowest BCUT2D eigenvalue weighted by Crippen LogP contribution is -2.23. The second-order valence-electron chi connectivity index (χ2n) is 4.93. The lowest BCUT2D eigenvalue weighted by molar-refractivity contribution is -0.177. The summed E-state index contributed by atoms with van der Waals surface area (Å²) in [7, 11) is 0. The van der Waals surface area contributed by atoms with E-state index >= 15 is 0 Å². The van der Waals surface area contributed by atoms with Gasteiger partial charge in [-0.15, -0.1) is 0 Å². The summed E-state index contributed by atoms with van der Waals surface area (Å²) in [5, 5.41) is 0. The molecule has 1 rings (SSSR count). The average molecular weight is 290 g/mol. The molecular formula is C17H22O4. The number of esters is 2. The van der Waals surface area contributed by atoms with Gasteiger partial charge in [0.1, 0.15) is 0 Å². The quantitative estimate of drug-likeness (QED) is 0.594. The Kier molecular flexibility index (Phi) is 6.66. The van der Waals surface area contributed by atoms with Gasteiger partial charge in [-0.05, 0) is 30.5 Å². The van der Waals surface area contributed by atoms with E-state index in [0.29, 0.717) is 5.57 Å². The van der Waals surface area contributed by atoms with E-state index in [2.05, 4.69) is 19.1 Å². The number of aryl methyl sites for hydroxylation is 1. The highest BCUT2D eigenvalue weighted by Crippen LogP contribution is 2.15. The number of carbonyl (C=O) groups is 2. The number of rotatable bonds is 6. The van der Waals surface area contributed by atoms with Crippen molar-refractivity contribution in [3.05, 3.63) is 41.0 Å². The van der Waals surface area contributed by atoms with Crippen molar-refractivity contribution in [2.75, 3.05) is 0 Å². The van der Waals surface area contributed by atoms with E-state index < -0.39 is 18.2 Å². The van der Waals surface area contributed by atoms with Gasteiger partial charge in [0.05, 0.1) is 0 Å². The van der Waals surface area contributed by atoms with Crippen LogP contribution in [0.15, 0.2) is 29.8 Å². The van der Waals surface area contributed by atoms with Crippen LogP contribution in [0.2, 0.25) is 0 Å². The van der Waals surface area contributed by atoms with E-state index in [-0.39, 0.29) is 0 Å². The zero-order valence-electron chi connectivity index (χ0n) is 13.0. The van der Waals surface area contributed by atoms with E-state index in [1.807, 2.05) is 18.2 Å². The van der Waals surface area contributed by atoms with Crippen molar-refractivity contribution in [3.63, 3.8) is 0 Å². The fraction of sp³-hybridized carbons (Fsp3) is 0.412. The number of benzene rings is 1. The maximum atomic E-state index is 11.1. The van der Waals surface area contributed by atoms with Crippen LogP contribution in [0.4, 0.5) is 0 Å². The lowest BCUT2D eigenvalue weighted by atomic mass is 10.1. The van der Waals surface area contributed by atoms with E-state index in [0.717, 1.165) is 18.4 Å².